The predicted octanol–water partition coefficient (Wildman–Crippen LogP) is 1.29. The molecule has 0 radical (unpaired) electrons. The van der Waals surface area contributed by atoms with Gasteiger partial charge in [0.1, 0.15) is 0 Å². The van der Waals surface area contributed by atoms with Crippen LogP contribution in [0.25, 0.3) is 0 Å². The summed E-state index contributed by atoms with van der Waals surface area (Å²) < 4.78 is 36.7. The van der Waals surface area contributed by atoms with Crippen molar-refractivity contribution in [3.63, 3.8) is 0 Å². The van der Waals surface area contributed by atoms with Crippen LogP contribution in [0.3, 0.4) is 0 Å². The van der Waals surface area contributed by atoms with Crippen molar-refractivity contribution >= 4 is 5.91 Å². The fraction of sp³-hybridized carbons (Fsp3) is 0.818. The summed E-state index contributed by atoms with van der Waals surface area (Å²) >= 11 is 0. The van der Waals surface area contributed by atoms with E-state index in [-0.39, 0.29) is 12.5 Å². The van der Waals surface area contributed by atoms with Crippen LogP contribution in [-0.2, 0) is 4.79 Å². The lowest BCUT2D eigenvalue weighted by Gasteiger charge is -2.27. The van der Waals surface area contributed by atoms with E-state index in [0.717, 1.165) is 19.3 Å². The van der Waals surface area contributed by atoms with E-state index in [1.807, 2.05) is 0 Å². The molecule has 7 heteroatoms. The summed E-state index contributed by atoms with van der Waals surface area (Å²) in [5.74, 6) is -2.26. The lowest BCUT2D eigenvalue weighted by molar-refractivity contribution is -0.158. The lowest BCUT2D eigenvalue weighted by atomic mass is 10.1. The topological polar surface area (TPSA) is 56.1 Å². The maximum Gasteiger partial charge on any atom is 0.405 e. The van der Waals surface area contributed by atoms with E-state index < -0.39 is 18.6 Å². The minimum Gasteiger partial charge on any atom is -0.342 e. The first-order valence-electron chi connectivity index (χ1n) is 5.90. The number of nitrogens with zero attached hydrogens (tertiary/aromatic N) is 2. The van der Waals surface area contributed by atoms with Gasteiger partial charge in [-0.3, -0.25) is 4.79 Å². The van der Waals surface area contributed by atoms with Crippen LogP contribution in [0.15, 0.2) is 0 Å². The zero-order valence-electron chi connectivity index (χ0n) is 9.96. The van der Waals surface area contributed by atoms with Crippen molar-refractivity contribution in [3.8, 4) is 6.07 Å². The third-order valence-corrected chi connectivity index (χ3v) is 2.88. The maximum absolute atomic E-state index is 12.2. The van der Waals surface area contributed by atoms with E-state index in [4.69, 9.17) is 5.26 Å². The van der Waals surface area contributed by atoms with Crippen LogP contribution >= 0.6 is 0 Å². The second-order valence-electron chi connectivity index (χ2n) is 4.30. The third-order valence-electron chi connectivity index (χ3n) is 2.88. The van der Waals surface area contributed by atoms with Gasteiger partial charge in [-0.05, 0) is 19.3 Å². The Hall–Kier alpha value is -1.29. The van der Waals surface area contributed by atoms with Crippen molar-refractivity contribution < 1.29 is 18.0 Å². The van der Waals surface area contributed by atoms with E-state index in [1.165, 1.54) is 6.07 Å². The van der Waals surface area contributed by atoms with E-state index in [9.17, 15) is 18.0 Å². The Bertz CT molecular complexity index is 318. The Kier molecular flexibility index (Phi) is 5.41. The Labute approximate surface area is 104 Å². The van der Waals surface area contributed by atoms with Gasteiger partial charge < -0.3 is 10.2 Å². The quantitative estimate of drug-likeness (QED) is 0.831. The summed E-state index contributed by atoms with van der Waals surface area (Å²) in [5.41, 5.74) is 0. The number of nitrogens with one attached hydrogen (secondary N) is 1. The Balaban J connectivity index is 2.28. The lowest BCUT2D eigenvalue weighted by Crippen LogP contribution is -2.43. The van der Waals surface area contributed by atoms with Crippen LogP contribution in [0, 0.1) is 17.2 Å². The Morgan fingerprint density at radius 2 is 1.94 bits per heavy atom. The molecule has 1 amide bonds. The second-order valence-corrected chi connectivity index (χ2v) is 4.30. The second kappa shape index (κ2) is 6.59. The first-order chi connectivity index (χ1) is 8.45. The molecule has 4 nitrogen and oxygen atoms in total. The molecule has 0 aromatic heterocycles. The van der Waals surface area contributed by atoms with Crippen molar-refractivity contribution in [2.75, 3.05) is 26.2 Å². The summed E-state index contributed by atoms with van der Waals surface area (Å²) in [6, 6.07) is 1.18. The minimum atomic E-state index is -4.55. The van der Waals surface area contributed by atoms with Crippen LogP contribution < -0.4 is 5.32 Å². The summed E-state index contributed by atoms with van der Waals surface area (Å²) in [4.78, 5) is 13.3. The van der Waals surface area contributed by atoms with Gasteiger partial charge in [-0.2, -0.15) is 18.4 Å². The molecule has 1 atom stereocenters. The SMILES string of the molecule is N#CC(CNCC(=O)N1CCCCC1)C(F)(F)F. The smallest absolute Gasteiger partial charge is 0.342 e. The van der Waals surface area contributed by atoms with Crippen LogP contribution in [0.2, 0.25) is 0 Å². The van der Waals surface area contributed by atoms with Gasteiger partial charge in [0.05, 0.1) is 12.6 Å². The van der Waals surface area contributed by atoms with E-state index >= 15 is 0 Å². The van der Waals surface area contributed by atoms with Crippen LogP contribution in [-0.4, -0.2) is 43.2 Å². The maximum atomic E-state index is 12.2. The molecule has 0 aromatic carbocycles. The van der Waals surface area contributed by atoms with Crippen LogP contribution in [0.1, 0.15) is 19.3 Å². The summed E-state index contributed by atoms with van der Waals surface area (Å²) in [6.45, 7) is 0.650. The Morgan fingerprint density at radius 1 is 1.33 bits per heavy atom. The van der Waals surface area contributed by atoms with Crippen LogP contribution in [0.4, 0.5) is 13.2 Å². The molecule has 18 heavy (non-hydrogen) atoms. The number of nitriles is 1. The van der Waals surface area contributed by atoms with Gasteiger partial charge in [0.25, 0.3) is 0 Å². The van der Waals surface area contributed by atoms with Crippen molar-refractivity contribution in [2.24, 2.45) is 5.92 Å². The standard InChI is InChI=1S/C11H16F3N3O/c12-11(13,14)9(6-15)7-16-8-10(18)17-4-2-1-3-5-17/h9,16H,1-5,7-8H2. The number of amides is 1. The van der Waals surface area contributed by atoms with Crippen molar-refractivity contribution in [1.29, 1.82) is 5.26 Å². The molecule has 1 saturated heterocycles. The molecule has 1 unspecified atom stereocenters. The summed E-state index contributed by atoms with van der Waals surface area (Å²) in [5, 5.41) is 10.8. The highest BCUT2D eigenvalue weighted by Gasteiger charge is 2.39. The largest absolute Gasteiger partial charge is 0.405 e. The first kappa shape index (κ1) is 14.8. The highest BCUT2D eigenvalue weighted by molar-refractivity contribution is 5.78. The van der Waals surface area contributed by atoms with Gasteiger partial charge in [-0.25, -0.2) is 0 Å². The number of hydrogen-bond donors (Lipinski definition) is 1. The Morgan fingerprint density at radius 3 is 2.44 bits per heavy atom. The van der Waals surface area contributed by atoms with E-state index in [2.05, 4.69) is 5.32 Å². The average Bonchev–Trinajstić information content (AvgIpc) is 2.34. The number of halogens is 3. The van der Waals surface area contributed by atoms with Gasteiger partial charge >= 0.3 is 6.18 Å². The molecule has 1 aliphatic heterocycles. The molecule has 1 rings (SSSR count). The summed E-state index contributed by atoms with van der Waals surface area (Å²) in [6.07, 6.45) is -1.58. The molecule has 102 valence electrons. The van der Waals surface area contributed by atoms with Crippen molar-refractivity contribution in [3.05, 3.63) is 0 Å². The number of carbonyl (C=O) groups excluding carboxylic acids is 1. The number of rotatable bonds is 4. The number of alkyl halides is 3. The fourth-order valence-electron chi connectivity index (χ4n) is 1.81. The van der Waals surface area contributed by atoms with Gasteiger partial charge in [0, 0.05) is 19.6 Å². The third kappa shape index (κ3) is 4.53. The molecule has 0 spiro atoms. The van der Waals surface area contributed by atoms with Crippen molar-refractivity contribution in [2.45, 2.75) is 25.4 Å². The van der Waals surface area contributed by atoms with Gasteiger partial charge in [0.15, 0.2) is 5.92 Å². The van der Waals surface area contributed by atoms with E-state index in [1.54, 1.807) is 4.90 Å². The van der Waals surface area contributed by atoms with Gasteiger partial charge in [-0.15, -0.1) is 0 Å². The van der Waals surface area contributed by atoms with Crippen LogP contribution in [0.5, 0.6) is 0 Å². The highest BCUT2D eigenvalue weighted by Crippen LogP contribution is 2.24. The van der Waals surface area contributed by atoms with Gasteiger partial charge in [-0.1, -0.05) is 0 Å². The predicted molar refractivity (Wildman–Crippen MR) is 58.5 cm³/mol. The molecule has 0 saturated carbocycles. The molecule has 1 aliphatic rings. The minimum absolute atomic E-state index is 0.145. The monoisotopic (exact) mass is 263 g/mol. The normalized spacial score (nSPS) is 18.2. The molecule has 1 fully saturated rings. The first-order valence-corrected chi connectivity index (χ1v) is 5.90. The molecule has 0 aromatic rings. The average molecular weight is 263 g/mol. The molecule has 0 bridgehead atoms. The zero-order valence-corrected chi connectivity index (χ0v) is 9.96. The highest BCUT2D eigenvalue weighted by atomic mass is 19.4. The molecule has 0 aliphatic carbocycles. The molecular weight excluding hydrogens is 247 g/mol. The fourth-order valence-corrected chi connectivity index (χ4v) is 1.81. The molecule has 1 N–H and O–H groups in total. The van der Waals surface area contributed by atoms with Crippen molar-refractivity contribution in [1.82, 2.24) is 10.2 Å². The van der Waals surface area contributed by atoms with Gasteiger partial charge in [0.2, 0.25) is 5.91 Å². The molecule has 1 heterocycles. The summed E-state index contributed by atoms with van der Waals surface area (Å²) in [7, 11) is 0. The number of likely N-dealkylation sites (tertiary alicyclic amines) is 1. The zero-order chi connectivity index (χ0) is 13.6. The van der Waals surface area contributed by atoms with E-state index in [0.29, 0.717) is 13.1 Å². The molecular formula is C11H16F3N3O. The number of carbonyl (C=O) groups is 1. The number of hydrogen-bond acceptors (Lipinski definition) is 3. The number of piperidine rings is 1.